The fourth-order valence-corrected chi connectivity index (χ4v) is 3.68. The molecule has 0 aliphatic carbocycles. The third-order valence-corrected chi connectivity index (χ3v) is 5.20. The van der Waals surface area contributed by atoms with Crippen LogP contribution < -0.4 is 15.0 Å². The first-order chi connectivity index (χ1) is 15.5. The minimum absolute atomic E-state index is 0.127. The Morgan fingerprint density at radius 3 is 2.84 bits per heavy atom. The predicted molar refractivity (Wildman–Crippen MR) is 132 cm³/mol. The Labute approximate surface area is 195 Å². The van der Waals surface area contributed by atoms with E-state index < -0.39 is 0 Å². The quantitative estimate of drug-likeness (QED) is 0.245. The highest BCUT2D eigenvalue weighted by molar-refractivity contribution is 9.10. The van der Waals surface area contributed by atoms with Gasteiger partial charge in [-0.05, 0) is 48.7 Å². The van der Waals surface area contributed by atoms with Crippen molar-refractivity contribution in [3.63, 3.8) is 0 Å². The van der Waals surface area contributed by atoms with E-state index in [0.29, 0.717) is 41.1 Å². The zero-order chi connectivity index (χ0) is 23.1. The van der Waals surface area contributed by atoms with Gasteiger partial charge in [0.1, 0.15) is 12.4 Å². The SMILES string of the molecule is C#CCOc1c(CC=C)cc(C=Nn2c(CCC)nc3ccc(Br)cc3c2=O)cc1OC. The lowest BCUT2D eigenvalue weighted by Gasteiger charge is -2.14. The van der Waals surface area contributed by atoms with Gasteiger partial charge in [0.25, 0.3) is 5.56 Å². The van der Waals surface area contributed by atoms with Crippen molar-refractivity contribution in [1.82, 2.24) is 9.66 Å². The number of benzene rings is 2. The molecular formula is C25H24BrN3O3. The van der Waals surface area contributed by atoms with Crippen LogP contribution in [0, 0.1) is 12.3 Å². The van der Waals surface area contributed by atoms with Gasteiger partial charge in [-0.3, -0.25) is 4.79 Å². The number of methoxy groups -OCH3 is 1. The largest absolute Gasteiger partial charge is 0.493 e. The minimum atomic E-state index is -0.219. The highest BCUT2D eigenvalue weighted by Crippen LogP contribution is 2.33. The number of hydrogen-bond acceptors (Lipinski definition) is 5. The van der Waals surface area contributed by atoms with Crippen molar-refractivity contribution in [2.24, 2.45) is 5.10 Å². The number of ether oxygens (including phenoxy) is 2. The van der Waals surface area contributed by atoms with Crippen molar-refractivity contribution in [1.29, 1.82) is 0 Å². The third-order valence-electron chi connectivity index (χ3n) is 4.71. The van der Waals surface area contributed by atoms with E-state index in [1.165, 1.54) is 4.68 Å². The predicted octanol–water partition coefficient (Wildman–Crippen LogP) is 4.74. The molecule has 7 heteroatoms. The van der Waals surface area contributed by atoms with Gasteiger partial charge in [0.2, 0.25) is 0 Å². The van der Waals surface area contributed by atoms with Crippen LogP contribution in [-0.2, 0) is 12.8 Å². The molecule has 0 bridgehead atoms. The van der Waals surface area contributed by atoms with Crippen LogP contribution in [0.2, 0.25) is 0 Å². The Morgan fingerprint density at radius 1 is 1.34 bits per heavy atom. The molecule has 0 atom stereocenters. The summed E-state index contributed by atoms with van der Waals surface area (Å²) in [5.74, 6) is 4.17. The highest BCUT2D eigenvalue weighted by atomic mass is 79.9. The van der Waals surface area contributed by atoms with Gasteiger partial charge in [0.15, 0.2) is 11.5 Å². The summed E-state index contributed by atoms with van der Waals surface area (Å²) in [7, 11) is 1.56. The van der Waals surface area contributed by atoms with Gasteiger partial charge < -0.3 is 9.47 Å². The molecular weight excluding hydrogens is 470 g/mol. The summed E-state index contributed by atoms with van der Waals surface area (Å²) in [6, 6.07) is 9.16. The van der Waals surface area contributed by atoms with Gasteiger partial charge in [-0.2, -0.15) is 9.78 Å². The van der Waals surface area contributed by atoms with Gasteiger partial charge in [-0.25, -0.2) is 4.98 Å². The first-order valence-electron chi connectivity index (χ1n) is 10.2. The molecule has 0 amide bonds. The molecule has 3 aromatic rings. The van der Waals surface area contributed by atoms with Crippen molar-refractivity contribution in [3.05, 3.63) is 74.8 Å². The van der Waals surface area contributed by atoms with E-state index in [0.717, 1.165) is 22.0 Å². The average molecular weight is 494 g/mol. The second kappa shape index (κ2) is 10.8. The molecule has 2 aromatic carbocycles. The molecule has 164 valence electrons. The van der Waals surface area contributed by atoms with Gasteiger partial charge in [0, 0.05) is 16.5 Å². The third kappa shape index (κ3) is 5.09. The molecule has 1 aromatic heterocycles. The van der Waals surface area contributed by atoms with Crippen LogP contribution in [0.3, 0.4) is 0 Å². The normalized spacial score (nSPS) is 10.9. The maximum Gasteiger partial charge on any atom is 0.282 e. The monoisotopic (exact) mass is 493 g/mol. The molecule has 6 nitrogen and oxygen atoms in total. The fourth-order valence-electron chi connectivity index (χ4n) is 3.32. The van der Waals surface area contributed by atoms with Gasteiger partial charge >= 0.3 is 0 Å². The van der Waals surface area contributed by atoms with Gasteiger partial charge in [-0.15, -0.1) is 13.0 Å². The first kappa shape index (κ1) is 23.3. The smallest absolute Gasteiger partial charge is 0.282 e. The molecule has 3 rings (SSSR count). The Morgan fingerprint density at radius 2 is 2.16 bits per heavy atom. The number of terminal acetylenes is 1. The zero-order valence-electron chi connectivity index (χ0n) is 18.1. The molecule has 0 aliphatic rings. The lowest BCUT2D eigenvalue weighted by molar-refractivity contribution is 0.328. The van der Waals surface area contributed by atoms with Crippen LogP contribution in [0.25, 0.3) is 10.9 Å². The number of aryl methyl sites for hydroxylation is 1. The van der Waals surface area contributed by atoms with E-state index in [4.69, 9.17) is 15.9 Å². The second-order valence-corrected chi connectivity index (χ2v) is 7.91. The van der Waals surface area contributed by atoms with E-state index in [1.54, 1.807) is 31.5 Å². The summed E-state index contributed by atoms with van der Waals surface area (Å²) in [5.41, 5.74) is 2.04. The van der Waals surface area contributed by atoms with E-state index in [1.807, 2.05) is 25.1 Å². The Balaban J connectivity index is 2.12. The molecule has 0 fully saturated rings. The van der Waals surface area contributed by atoms with Crippen molar-refractivity contribution < 1.29 is 9.47 Å². The van der Waals surface area contributed by atoms with Crippen LogP contribution in [0.4, 0.5) is 0 Å². The van der Waals surface area contributed by atoms with Crippen molar-refractivity contribution in [2.75, 3.05) is 13.7 Å². The number of rotatable bonds is 9. The summed E-state index contributed by atoms with van der Waals surface area (Å²) < 4.78 is 13.4. The maximum absolute atomic E-state index is 13.2. The molecule has 0 N–H and O–H groups in total. The Bertz CT molecular complexity index is 1270. The van der Waals surface area contributed by atoms with E-state index in [-0.39, 0.29) is 12.2 Å². The van der Waals surface area contributed by atoms with Crippen molar-refractivity contribution in [3.8, 4) is 23.8 Å². The lowest BCUT2D eigenvalue weighted by atomic mass is 10.1. The molecule has 0 saturated carbocycles. The van der Waals surface area contributed by atoms with E-state index in [9.17, 15) is 4.79 Å². The zero-order valence-corrected chi connectivity index (χ0v) is 19.7. The van der Waals surface area contributed by atoms with Crippen LogP contribution in [0.5, 0.6) is 11.5 Å². The number of nitrogens with zero attached hydrogens (tertiary/aromatic N) is 3. The topological polar surface area (TPSA) is 65.7 Å². The first-order valence-corrected chi connectivity index (χ1v) is 10.9. The molecule has 0 aliphatic heterocycles. The molecule has 1 heterocycles. The number of hydrogen-bond donors (Lipinski definition) is 0. The summed E-state index contributed by atoms with van der Waals surface area (Å²) >= 11 is 3.42. The van der Waals surface area contributed by atoms with Crippen LogP contribution >= 0.6 is 15.9 Å². The highest BCUT2D eigenvalue weighted by Gasteiger charge is 2.13. The lowest BCUT2D eigenvalue weighted by Crippen LogP contribution is -2.22. The summed E-state index contributed by atoms with van der Waals surface area (Å²) in [5, 5.41) is 4.99. The maximum atomic E-state index is 13.2. The van der Waals surface area contributed by atoms with Crippen molar-refractivity contribution >= 4 is 33.0 Å². The molecule has 0 unspecified atom stereocenters. The molecule has 0 radical (unpaired) electrons. The van der Waals surface area contributed by atoms with Gasteiger partial charge in [-0.1, -0.05) is 34.9 Å². The number of aromatic nitrogens is 2. The number of allylic oxidation sites excluding steroid dienone is 1. The van der Waals surface area contributed by atoms with Crippen LogP contribution in [0.1, 0.15) is 30.3 Å². The summed E-state index contributed by atoms with van der Waals surface area (Å²) in [4.78, 5) is 17.8. The molecule has 32 heavy (non-hydrogen) atoms. The van der Waals surface area contributed by atoms with Crippen LogP contribution in [-0.4, -0.2) is 29.6 Å². The standard InChI is InChI=1S/C25H24BrN3O3/c1-5-8-18-13-17(14-22(31-4)24(18)32-12-7-3)16-27-29-23(9-6-2)28-21-11-10-19(26)15-20(21)25(29)30/h3,5,10-11,13-16H,1,6,8-9,12H2,2,4H3. The average Bonchev–Trinajstić information content (AvgIpc) is 2.78. The Hall–Kier alpha value is -3.37. The van der Waals surface area contributed by atoms with E-state index >= 15 is 0 Å². The second-order valence-electron chi connectivity index (χ2n) is 7.00. The fraction of sp³-hybridized carbons (Fsp3) is 0.240. The van der Waals surface area contributed by atoms with Crippen molar-refractivity contribution in [2.45, 2.75) is 26.2 Å². The van der Waals surface area contributed by atoms with Crippen LogP contribution in [0.15, 0.2) is 57.4 Å². The Kier molecular flexibility index (Phi) is 7.85. The number of halogens is 1. The molecule has 0 spiro atoms. The number of fused-ring (bicyclic) bond motifs is 1. The summed E-state index contributed by atoms with van der Waals surface area (Å²) in [6.45, 7) is 5.97. The molecule has 0 saturated heterocycles. The van der Waals surface area contributed by atoms with Gasteiger partial charge in [0.05, 0.1) is 24.2 Å². The minimum Gasteiger partial charge on any atom is -0.493 e. The summed E-state index contributed by atoms with van der Waals surface area (Å²) in [6.07, 6.45) is 10.7. The van der Waals surface area contributed by atoms with E-state index in [2.05, 4.69) is 38.5 Å².